The first-order chi connectivity index (χ1) is 11.6. The summed E-state index contributed by atoms with van der Waals surface area (Å²) in [6.07, 6.45) is 0.903. The lowest BCUT2D eigenvalue weighted by molar-refractivity contribution is 0.102. The minimum Gasteiger partial charge on any atom is -0.497 e. The summed E-state index contributed by atoms with van der Waals surface area (Å²) in [5, 5.41) is 2.86. The number of carbonyl (C=O) groups is 1. The topological polar surface area (TPSA) is 60.3 Å². The molecule has 0 aliphatic carbocycles. The lowest BCUT2D eigenvalue weighted by atomic mass is 10.2. The molecule has 3 aromatic rings. The first kappa shape index (κ1) is 16.3. The number of benzene rings is 2. The van der Waals surface area contributed by atoms with Gasteiger partial charge in [0.1, 0.15) is 5.75 Å². The minimum atomic E-state index is -0.214. The highest BCUT2D eigenvalue weighted by Crippen LogP contribution is 2.23. The van der Waals surface area contributed by atoms with Crippen molar-refractivity contribution in [2.75, 3.05) is 12.4 Å². The van der Waals surface area contributed by atoms with Crippen LogP contribution in [0.25, 0.3) is 10.2 Å². The van der Waals surface area contributed by atoms with Crippen LogP contribution in [0.2, 0.25) is 0 Å². The molecule has 0 fully saturated rings. The summed E-state index contributed by atoms with van der Waals surface area (Å²) in [6.45, 7) is 2.74. The van der Waals surface area contributed by atoms with Gasteiger partial charge >= 0.3 is 4.87 Å². The summed E-state index contributed by atoms with van der Waals surface area (Å²) in [4.78, 5) is 24.4. The Balaban J connectivity index is 1.87. The summed E-state index contributed by atoms with van der Waals surface area (Å²) < 4.78 is 7.78. The molecular weight excluding hydrogens is 324 g/mol. The number of hydrogen-bond donors (Lipinski definition) is 1. The molecule has 0 atom stereocenters. The van der Waals surface area contributed by atoms with Gasteiger partial charge in [0.05, 0.1) is 17.3 Å². The van der Waals surface area contributed by atoms with Gasteiger partial charge in [-0.15, -0.1) is 0 Å². The average Bonchev–Trinajstić information content (AvgIpc) is 2.90. The lowest BCUT2D eigenvalue weighted by Gasteiger charge is -2.07. The molecule has 1 N–H and O–H groups in total. The molecule has 0 saturated carbocycles. The molecule has 0 bridgehead atoms. The smallest absolute Gasteiger partial charge is 0.308 e. The number of hydrogen-bond acceptors (Lipinski definition) is 4. The van der Waals surface area contributed by atoms with E-state index in [0.717, 1.165) is 16.6 Å². The number of methoxy groups -OCH3 is 1. The van der Waals surface area contributed by atoms with E-state index < -0.39 is 0 Å². The summed E-state index contributed by atoms with van der Waals surface area (Å²) in [5.41, 5.74) is 2.10. The fourth-order valence-electron chi connectivity index (χ4n) is 2.55. The molecule has 0 radical (unpaired) electrons. The molecular formula is C18H18N2O3S. The zero-order chi connectivity index (χ0) is 17.1. The molecule has 6 heteroatoms. The highest BCUT2D eigenvalue weighted by Gasteiger charge is 2.10. The highest BCUT2D eigenvalue weighted by atomic mass is 32.1. The maximum absolute atomic E-state index is 12.4. The molecule has 1 aromatic heterocycles. The predicted octanol–water partition coefficient (Wildman–Crippen LogP) is 3.73. The molecule has 124 valence electrons. The van der Waals surface area contributed by atoms with Crippen LogP contribution in [-0.2, 0) is 6.54 Å². The fourth-order valence-corrected chi connectivity index (χ4v) is 3.50. The quantitative estimate of drug-likeness (QED) is 0.768. The van der Waals surface area contributed by atoms with Crippen LogP contribution in [0.4, 0.5) is 5.69 Å². The van der Waals surface area contributed by atoms with Gasteiger partial charge in [-0.05, 0) is 42.8 Å². The molecule has 0 spiro atoms. The van der Waals surface area contributed by atoms with Crippen LogP contribution in [0.3, 0.4) is 0 Å². The zero-order valence-electron chi connectivity index (χ0n) is 13.5. The number of nitrogens with zero attached hydrogens (tertiary/aromatic N) is 1. The second-order valence-electron chi connectivity index (χ2n) is 5.39. The van der Waals surface area contributed by atoms with E-state index in [1.807, 2.05) is 25.1 Å². The number of amides is 1. The molecule has 24 heavy (non-hydrogen) atoms. The van der Waals surface area contributed by atoms with E-state index >= 15 is 0 Å². The number of thiazole rings is 1. The number of carbonyl (C=O) groups excluding carboxylic acids is 1. The number of ether oxygens (including phenoxy) is 1. The molecule has 5 nitrogen and oxygen atoms in total. The Morgan fingerprint density at radius 3 is 2.83 bits per heavy atom. The minimum absolute atomic E-state index is 0.0307. The van der Waals surface area contributed by atoms with Crippen LogP contribution < -0.4 is 14.9 Å². The third-order valence-corrected chi connectivity index (χ3v) is 4.65. The van der Waals surface area contributed by atoms with E-state index in [4.69, 9.17) is 4.74 Å². The monoisotopic (exact) mass is 342 g/mol. The Hall–Kier alpha value is -2.60. The largest absolute Gasteiger partial charge is 0.497 e. The second-order valence-corrected chi connectivity index (χ2v) is 6.38. The van der Waals surface area contributed by atoms with Gasteiger partial charge in [0.2, 0.25) is 0 Å². The van der Waals surface area contributed by atoms with E-state index in [1.165, 1.54) is 11.3 Å². The molecule has 3 rings (SSSR count). The number of fused-ring (bicyclic) bond motifs is 1. The third-order valence-electron chi connectivity index (χ3n) is 3.71. The maximum atomic E-state index is 12.4. The number of nitrogens with one attached hydrogen (secondary N) is 1. The normalized spacial score (nSPS) is 10.8. The standard InChI is InChI=1S/C18H18N2O3S/c1-3-9-20-15-8-7-13(11-16(15)24-18(20)22)19-17(21)12-5-4-6-14(10-12)23-2/h4-8,10-11H,3,9H2,1-2H3,(H,19,21). The SMILES string of the molecule is CCCn1c(=O)sc2cc(NC(=O)c3cccc(OC)c3)ccc21. The fraction of sp³-hybridized carbons (Fsp3) is 0.222. The Morgan fingerprint density at radius 1 is 1.25 bits per heavy atom. The van der Waals surface area contributed by atoms with Gasteiger partial charge in [-0.1, -0.05) is 24.3 Å². The van der Waals surface area contributed by atoms with Gasteiger partial charge in [-0.3, -0.25) is 14.2 Å². The summed E-state index contributed by atoms with van der Waals surface area (Å²) in [7, 11) is 1.56. The number of anilines is 1. The summed E-state index contributed by atoms with van der Waals surface area (Å²) >= 11 is 1.20. The van der Waals surface area contributed by atoms with Crippen molar-refractivity contribution < 1.29 is 9.53 Å². The highest BCUT2D eigenvalue weighted by molar-refractivity contribution is 7.16. The summed E-state index contributed by atoms with van der Waals surface area (Å²) in [6, 6.07) is 12.5. The summed E-state index contributed by atoms with van der Waals surface area (Å²) in [5.74, 6) is 0.418. The first-order valence-corrected chi connectivity index (χ1v) is 8.53. The van der Waals surface area contributed by atoms with Crippen molar-refractivity contribution in [3.8, 4) is 5.75 Å². The van der Waals surface area contributed by atoms with E-state index in [0.29, 0.717) is 23.5 Å². The Bertz CT molecular complexity index is 943. The predicted molar refractivity (Wildman–Crippen MR) is 97.3 cm³/mol. The van der Waals surface area contributed by atoms with Crippen LogP contribution >= 0.6 is 11.3 Å². The van der Waals surface area contributed by atoms with Gasteiger partial charge in [-0.25, -0.2) is 0 Å². The van der Waals surface area contributed by atoms with Gasteiger partial charge < -0.3 is 10.1 Å². The third kappa shape index (κ3) is 3.19. The average molecular weight is 342 g/mol. The lowest BCUT2D eigenvalue weighted by Crippen LogP contribution is -2.12. The van der Waals surface area contributed by atoms with Crippen LogP contribution in [0.1, 0.15) is 23.7 Å². The van der Waals surface area contributed by atoms with Crippen LogP contribution in [0.5, 0.6) is 5.75 Å². The van der Waals surface area contributed by atoms with Crippen molar-refractivity contribution in [1.29, 1.82) is 0 Å². The molecule has 0 aliphatic rings. The van der Waals surface area contributed by atoms with Gasteiger partial charge in [0.15, 0.2) is 0 Å². The zero-order valence-corrected chi connectivity index (χ0v) is 14.4. The van der Waals surface area contributed by atoms with E-state index in [-0.39, 0.29) is 10.8 Å². The van der Waals surface area contributed by atoms with Gasteiger partial charge in [0.25, 0.3) is 5.91 Å². The van der Waals surface area contributed by atoms with E-state index in [1.54, 1.807) is 35.9 Å². The number of aromatic nitrogens is 1. The molecule has 0 unspecified atom stereocenters. The van der Waals surface area contributed by atoms with Crippen molar-refractivity contribution in [2.24, 2.45) is 0 Å². The van der Waals surface area contributed by atoms with E-state index in [2.05, 4.69) is 5.32 Å². The van der Waals surface area contributed by atoms with Crippen LogP contribution in [-0.4, -0.2) is 17.6 Å². The Morgan fingerprint density at radius 2 is 2.08 bits per heavy atom. The van der Waals surface area contributed by atoms with Gasteiger partial charge in [-0.2, -0.15) is 0 Å². The number of aryl methyl sites for hydroxylation is 1. The molecule has 0 aliphatic heterocycles. The first-order valence-electron chi connectivity index (χ1n) is 7.71. The van der Waals surface area contributed by atoms with Crippen molar-refractivity contribution in [3.05, 3.63) is 57.7 Å². The van der Waals surface area contributed by atoms with Crippen molar-refractivity contribution in [1.82, 2.24) is 4.57 Å². The van der Waals surface area contributed by atoms with Crippen LogP contribution in [0.15, 0.2) is 47.3 Å². The molecule has 1 heterocycles. The maximum Gasteiger partial charge on any atom is 0.308 e. The van der Waals surface area contributed by atoms with Crippen molar-refractivity contribution in [2.45, 2.75) is 19.9 Å². The molecule has 2 aromatic carbocycles. The van der Waals surface area contributed by atoms with Crippen LogP contribution in [0, 0.1) is 0 Å². The molecule has 1 amide bonds. The second kappa shape index (κ2) is 6.88. The Labute approximate surface area is 143 Å². The van der Waals surface area contributed by atoms with Crippen molar-refractivity contribution >= 4 is 33.1 Å². The Kier molecular flexibility index (Phi) is 4.66. The molecule has 0 saturated heterocycles. The van der Waals surface area contributed by atoms with Gasteiger partial charge in [0, 0.05) is 17.8 Å². The van der Waals surface area contributed by atoms with E-state index in [9.17, 15) is 9.59 Å². The number of rotatable bonds is 5. The van der Waals surface area contributed by atoms with Crippen molar-refractivity contribution in [3.63, 3.8) is 0 Å².